The number of quaternary nitrogens is 1. The predicted octanol–water partition coefficient (Wildman–Crippen LogP) is 2.66. The van der Waals surface area contributed by atoms with Crippen LogP contribution in [0.5, 0.6) is 0 Å². The Morgan fingerprint density at radius 2 is 1.58 bits per heavy atom. The number of esters is 1. The Kier molecular flexibility index (Phi) is 15.0. The Balaban J connectivity index is 3.60. The third kappa shape index (κ3) is 13.5. The molecule has 0 aromatic heterocycles. The maximum absolute atomic E-state index is 11.7. The molecule has 0 rings (SSSR count). The van der Waals surface area contributed by atoms with E-state index in [4.69, 9.17) is 14.9 Å². The topological polar surface area (TPSA) is 66.8 Å². The zero-order chi connectivity index (χ0) is 18.1. The van der Waals surface area contributed by atoms with Gasteiger partial charge in [-0.25, -0.2) is 0 Å². The summed E-state index contributed by atoms with van der Waals surface area (Å²) < 4.78 is 5.80. The SMILES string of the molecule is CCC=CCCCCCCCC(=O)OCC[N+](C)(CCO)CCO. The maximum Gasteiger partial charge on any atom is 0.305 e. The Morgan fingerprint density at radius 1 is 0.958 bits per heavy atom. The van der Waals surface area contributed by atoms with Gasteiger partial charge in [-0.3, -0.25) is 4.79 Å². The zero-order valence-corrected chi connectivity index (χ0v) is 15.7. The number of carbonyl (C=O) groups is 1. The molecule has 2 N–H and O–H groups in total. The van der Waals surface area contributed by atoms with Crippen molar-refractivity contribution in [2.24, 2.45) is 0 Å². The van der Waals surface area contributed by atoms with E-state index in [-0.39, 0.29) is 19.2 Å². The molecule has 0 radical (unpaired) electrons. The lowest BCUT2D eigenvalue weighted by molar-refractivity contribution is -0.910. The molecule has 0 aliphatic heterocycles. The van der Waals surface area contributed by atoms with E-state index >= 15 is 0 Å². The largest absolute Gasteiger partial charge is 0.460 e. The van der Waals surface area contributed by atoms with E-state index in [0.29, 0.717) is 37.1 Å². The van der Waals surface area contributed by atoms with E-state index in [1.54, 1.807) is 0 Å². The molecular weight excluding hydrogens is 306 g/mol. The quantitative estimate of drug-likeness (QED) is 0.195. The fourth-order valence-corrected chi connectivity index (χ4v) is 2.62. The number of carbonyl (C=O) groups excluding carboxylic acids is 1. The van der Waals surface area contributed by atoms with E-state index in [0.717, 1.165) is 25.7 Å². The summed E-state index contributed by atoms with van der Waals surface area (Å²) in [5.74, 6) is -0.138. The fraction of sp³-hybridized carbons (Fsp3) is 0.842. The summed E-state index contributed by atoms with van der Waals surface area (Å²) in [5.41, 5.74) is 0. The molecule has 0 fully saturated rings. The molecule has 0 heterocycles. The molecule has 24 heavy (non-hydrogen) atoms. The van der Waals surface area contributed by atoms with E-state index in [9.17, 15) is 4.79 Å². The van der Waals surface area contributed by atoms with Crippen molar-refractivity contribution in [3.8, 4) is 0 Å². The molecule has 0 aliphatic rings. The van der Waals surface area contributed by atoms with E-state index in [1.807, 2.05) is 7.05 Å². The van der Waals surface area contributed by atoms with Crippen LogP contribution in [-0.4, -0.2) is 67.2 Å². The van der Waals surface area contributed by atoms with Gasteiger partial charge in [0.05, 0.1) is 20.3 Å². The average molecular weight is 345 g/mol. The van der Waals surface area contributed by atoms with Crippen LogP contribution in [0.3, 0.4) is 0 Å². The molecule has 0 spiro atoms. The van der Waals surface area contributed by atoms with Crippen molar-refractivity contribution in [3.63, 3.8) is 0 Å². The third-order valence-corrected chi connectivity index (χ3v) is 4.33. The van der Waals surface area contributed by atoms with Gasteiger partial charge in [-0.2, -0.15) is 0 Å². The lowest BCUT2D eigenvalue weighted by Gasteiger charge is -2.33. The molecule has 0 aliphatic carbocycles. The van der Waals surface area contributed by atoms with Crippen molar-refractivity contribution in [2.45, 2.75) is 58.3 Å². The smallest absolute Gasteiger partial charge is 0.305 e. The number of rotatable bonds is 16. The molecule has 5 heteroatoms. The van der Waals surface area contributed by atoms with Crippen molar-refractivity contribution < 1.29 is 24.2 Å². The van der Waals surface area contributed by atoms with E-state index in [2.05, 4.69) is 19.1 Å². The summed E-state index contributed by atoms with van der Waals surface area (Å²) in [6.07, 6.45) is 12.8. The normalized spacial score (nSPS) is 12.0. The van der Waals surface area contributed by atoms with Gasteiger partial charge in [0, 0.05) is 6.42 Å². The van der Waals surface area contributed by atoms with Gasteiger partial charge in [0.25, 0.3) is 0 Å². The van der Waals surface area contributed by atoms with Crippen LogP contribution in [0.15, 0.2) is 12.2 Å². The monoisotopic (exact) mass is 344 g/mol. The molecule has 0 amide bonds. The van der Waals surface area contributed by atoms with Crippen LogP contribution < -0.4 is 0 Å². The second-order valence-electron chi connectivity index (χ2n) is 6.64. The minimum atomic E-state index is -0.138. The molecular formula is C19H38NO4+. The summed E-state index contributed by atoms with van der Waals surface area (Å²) in [6, 6.07) is 0. The number of hydrogen-bond acceptors (Lipinski definition) is 4. The first-order chi connectivity index (χ1) is 11.6. The third-order valence-electron chi connectivity index (χ3n) is 4.33. The van der Waals surface area contributed by atoms with Gasteiger partial charge < -0.3 is 19.4 Å². The summed E-state index contributed by atoms with van der Waals surface area (Å²) in [4.78, 5) is 11.7. The minimum absolute atomic E-state index is 0.0681. The van der Waals surface area contributed by atoms with Crippen LogP contribution in [0.4, 0.5) is 0 Å². The van der Waals surface area contributed by atoms with Crippen molar-refractivity contribution >= 4 is 5.97 Å². The highest BCUT2D eigenvalue weighted by atomic mass is 16.5. The Morgan fingerprint density at radius 3 is 2.21 bits per heavy atom. The number of likely N-dealkylation sites (N-methyl/N-ethyl adjacent to an activating group) is 1. The second kappa shape index (κ2) is 15.6. The van der Waals surface area contributed by atoms with Crippen LogP contribution in [0.2, 0.25) is 0 Å². The highest BCUT2D eigenvalue weighted by Gasteiger charge is 2.20. The van der Waals surface area contributed by atoms with E-state index in [1.165, 1.54) is 19.3 Å². The lowest BCUT2D eigenvalue weighted by atomic mass is 10.1. The van der Waals surface area contributed by atoms with Crippen molar-refractivity contribution in [1.82, 2.24) is 0 Å². The fourth-order valence-electron chi connectivity index (χ4n) is 2.62. The van der Waals surface area contributed by atoms with Crippen molar-refractivity contribution in [1.29, 1.82) is 0 Å². The first-order valence-corrected chi connectivity index (χ1v) is 9.44. The van der Waals surface area contributed by atoms with Gasteiger partial charge in [-0.15, -0.1) is 0 Å². The van der Waals surface area contributed by atoms with Gasteiger partial charge in [0.15, 0.2) is 0 Å². The number of hydrogen-bond donors (Lipinski definition) is 2. The second-order valence-corrected chi connectivity index (χ2v) is 6.64. The molecule has 0 saturated heterocycles. The molecule has 0 aromatic rings. The summed E-state index contributed by atoms with van der Waals surface area (Å²) >= 11 is 0. The maximum atomic E-state index is 11.7. The first kappa shape index (κ1) is 23.1. The van der Waals surface area contributed by atoms with Crippen molar-refractivity contribution in [2.75, 3.05) is 46.5 Å². The number of aliphatic hydroxyl groups is 2. The van der Waals surface area contributed by atoms with Crippen LogP contribution >= 0.6 is 0 Å². The zero-order valence-electron chi connectivity index (χ0n) is 15.7. The average Bonchev–Trinajstić information content (AvgIpc) is 2.53. The number of unbranched alkanes of at least 4 members (excludes halogenated alkanes) is 5. The molecule has 0 atom stereocenters. The van der Waals surface area contributed by atoms with Gasteiger partial charge >= 0.3 is 5.97 Å². The molecule has 0 unspecified atom stereocenters. The van der Waals surface area contributed by atoms with Crippen molar-refractivity contribution in [3.05, 3.63) is 12.2 Å². The lowest BCUT2D eigenvalue weighted by Crippen LogP contribution is -2.50. The number of ether oxygens (including phenoxy) is 1. The summed E-state index contributed by atoms with van der Waals surface area (Å²) in [5, 5.41) is 18.2. The predicted molar refractivity (Wildman–Crippen MR) is 97.7 cm³/mol. The standard InChI is InChI=1S/C19H38NO4/c1-3-4-5-6-7-8-9-10-11-12-19(23)24-18-15-20(2,13-16-21)14-17-22/h4-5,21-22H,3,6-18H2,1-2H3/q+1. The van der Waals surface area contributed by atoms with Crippen LogP contribution in [0.1, 0.15) is 58.3 Å². The highest BCUT2D eigenvalue weighted by molar-refractivity contribution is 5.69. The Hall–Kier alpha value is -0.910. The molecule has 0 bridgehead atoms. The molecule has 5 nitrogen and oxygen atoms in total. The van der Waals surface area contributed by atoms with Crippen LogP contribution in [0, 0.1) is 0 Å². The first-order valence-electron chi connectivity index (χ1n) is 9.44. The minimum Gasteiger partial charge on any atom is -0.460 e. The number of allylic oxidation sites excluding steroid dienone is 2. The number of aliphatic hydroxyl groups excluding tert-OH is 2. The molecule has 0 aromatic carbocycles. The van der Waals surface area contributed by atoms with E-state index < -0.39 is 0 Å². The summed E-state index contributed by atoms with van der Waals surface area (Å²) in [6.45, 7) is 4.38. The van der Waals surface area contributed by atoms with Gasteiger partial charge in [0.1, 0.15) is 26.2 Å². The summed E-state index contributed by atoms with van der Waals surface area (Å²) in [7, 11) is 1.95. The molecule has 142 valence electrons. The molecule has 0 saturated carbocycles. The number of nitrogens with zero attached hydrogens (tertiary/aromatic N) is 1. The van der Waals surface area contributed by atoms with Gasteiger partial charge in [-0.05, 0) is 25.7 Å². The van der Waals surface area contributed by atoms with Gasteiger partial charge in [-0.1, -0.05) is 38.3 Å². The van der Waals surface area contributed by atoms with Gasteiger partial charge in [0.2, 0.25) is 0 Å². The van der Waals surface area contributed by atoms with Crippen LogP contribution in [0.25, 0.3) is 0 Å². The Labute approximate surface area is 147 Å². The van der Waals surface area contributed by atoms with Crippen LogP contribution in [-0.2, 0) is 9.53 Å². The Bertz CT molecular complexity index is 325. The highest BCUT2D eigenvalue weighted by Crippen LogP contribution is 2.09.